The first kappa shape index (κ1) is 19.3. The number of carbonyl (C=O) groups excluding carboxylic acids is 2. The Morgan fingerprint density at radius 2 is 1.81 bits per heavy atom. The first-order valence-corrected chi connectivity index (χ1v) is 10.4. The summed E-state index contributed by atoms with van der Waals surface area (Å²) in [5.41, 5.74) is 3.77. The maximum absolute atomic E-state index is 13.1. The molecule has 0 saturated carbocycles. The SMILES string of the molecule is O=C(NC(CO)C(=O)N1CCc2c([nH]c3ccccc23)C1)c1ccc2ccccc2c1. The number of nitrogens with one attached hydrogen (secondary N) is 2. The minimum atomic E-state index is -0.982. The zero-order valence-electron chi connectivity index (χ0n) is 17.0. The second kappa shape index (κ2) is 7.89. The van der Waals surface area contributed by atoms with Gasteiger partial charge in [-0.15, -0.1) is 0 Å². The molecule has 1 aliphatic heterocycles. The predicted molar refractivity (Wildman–Crippen MR) is 120 cm³/mol. The van der Waals surface area contributed by atoms with Gasteiger partial charge in [0, 0.05) is 28.7 Å². The van der Waals surface area contributed by atoms with Gasteiger partial charge in [-0.25, -0.2) is 0 Å². The monoisotopic (exact) mass is 413 g/mol. The van der Waals surface area contributed by atoms with Gasteiger partial charge in [0.2, 0.25) is 5.91 Å². The third-order valence-corrected chi connectivity index (χ3v) is 5.99. The lowest BCUT2D eigenvalue weighted by Gasteiger charge is -2.30. The second-order valence-corrected chi connectivity index (χ2v) is 7.91. The Labute approximate surface area is 179 Å². The highest BCUT2D eigenvalue weighted by atomic mass is 16.3. The molecule has 1 aliphatic rings. The molecule has 4 aromatic rings. The minimum absolute atomic E-state index is 0.277. The van der Waals surface area contributed by atoms with Crippen LogP contribution in [0.15, 0.2) is 66.7 Å². The van der Waals surface area contributed by atoms with Gasteiger partial charge in [-0.2, -0.15) is 0 Å². The van der Waals surface area contributed by atoms with Gasteiger partial charge in [0.05, 0.1) is 13.2 Å². The van der Waals surface area contributed by atoms with Gasteiger partial charge in [0.15, 0.2) is 0 Å². The van der Waals surface area contributed by atoms with Crippen molar-refractivity contribution in [2.24, 2.45) is 0 Å². The van der Waals surface area contributed by atoms with E-state index in [2.05, 4.69) is 16.4 Å². The Hall–Kier alpha value is -3.64. The Balaban J connectivity index is 1.32. The molecule has 0 aliphatic carbocycles. The predicted octanol–water partition coefficient (Wildman–Crippen LogP) is 3.00. The summed E-state index contributed by atoms with van der Waals surface area (Å²) in [6.45, 7) is 0.537. The van der Waals surface area contributed by atoms with Gasteiger partial charge in [0.25, 0.3) is 5.91 Å². The number of carbonyl (C=O) groups is 2. The standard InChI is InChI=1S/C25H23N3O3/c29-15-23(27-24(30)18-10-9-16-5-1-2-6-17(16)13-18)25(31)28-12-11-20-19-7-3-4-8-21(19)26-22(20)14-28/h1-10,13,23,26,29H,11-12,14-15H2,(H,27,30). The first-order valence-electron chi connectivity index (χ1n) is 10.4. The van der Waals surface area contributed by atoms with Crippen molar-refractivity contribution in [3.05, 3.63) is 83.6 Å². The molecule has 2 amide bonds. The fourth-order valence-corrected chi connectivity index (χ4v) is 4.36. The van der Waals surface area contributed by atoms with E-state index < -0.39 is 12.6 Å². The summed E-state index contributed by atoms with van der Waals surface area (Å²) in [7, 11) is 0. The zero-order chi connectivity index (χ0) is 21.4. The number of para-hydroxylation sites is 1. The number of aliphatic hydroxyl groups is 1. The van der Waals surface area contributed by atoms with Gasteiger partial charge in [-0.1, -0.05) is 48.5 Å². The van der Waals surface area contributed by atoms with Crippen LogP contribution in [-0.2, 0) is 17.8 Å². The van der Waals surface area contributed by atoms with Crippen molar-refractivity contribution < 1.29 is 14.7 Å². The highest BCUT2D eigenvalue weighted by Gasteiger charge is 2.29. The van der Waals surface area contributed by atoms with E-state index >= 15 is 0 Å². The maximum atomic E-state index is 13.1. The molecular formula is C25H23N3O3. The molecule has 1 atom stereocenters. The van der Waals surface area contributed by atoms with Crippen LogP contribution in [0.4, 0.5) is 0 Å². The lowest BCUT2D eigenvalue weighted by molar-refractivity contribution is -0.135. The Kier molecular flexibility index (Phi) is 4.92. The molecule has 0 fully saturated rings. The number of aromatic amines is 1. The summed E-state index contributed by atoms with van der Waals surface area (Å²) in [4.78, 5) is 30.9. The lowest BCUT2D eigenvalue weighted by atomic mass is 10.0. The van der Waals surface area contributed by atoms with Gasteiger partial charge in [0.1, 0.15) is 6.04 Å². The minimum Gasteiger partial charge on any atom is -0.394 e. The topological polar surface area (TPSA) is 85.4 Å². The van der Waals surface area contributed by atoms with E-state index in [0.29, 0.717) is 18.7 Å². The van der Waals surface area contributed by atoms with Crippen LogP contribution in [-0.4, -0.2) is 46.0 Å². The molecule has 156 valence electrons. The van der Waals surface area contributed by atoms with Crippen molar-refractivity contribution in [3.63, 3.8) is 0 Å². The van der Waals surface area contributed by atoms with Gasteiger partial charge < -0.3 is 20.3 Å². The van der Waals surface area contributed by atoms with Crippen LogP contribution < -0.4 is 5.32 Å². The molecule has 2 heterocycles. The number of amides is 2. The average molecular weight is 413 g/mol. The van der Waals surface area contributed by atoms with E-state index in [1.165, 1.54) is 10.9 Å². The fraction of sp³-hybridized carbons (Fsp3) is 0.200. The third kappa shape index (κ3) is 3.55. The highest BCUT2D eigenvalue weighted by molar-refractivity contribution is 6.00. The van der Waals surface area contributed by atoms with Crippen LogP contribution in [0, 0.1) is 0 Å². The van der Waals surface area contributed by atoms with Crippen LogP contribution in [0.3, 0.4) is 0 Å². The number of aliphatic hydroxyl groups excluding tert-OH is 1. The van der Waals surface area contributed by atoms with E-state index in [1.54, 1.807) is 17.0 Å². The van der Waals surface area contributed by atoms with Crippen LogP contribution >= 0.6 is 0 Å². The molecule has 1 unspecified atom stereocenters. The Bertz CT molecular complexity index is 1290. The molecule has 0 radical (unpaired) electrons. The van der Waals surface area contributed by atoms with Crippen molar-refractivity contribution >= 4 is 33.5 Å². The molecule has 0 saturated heterocycles. The van der Waals surface area contributed by atoms with E-state index in [9.17, 15) is 14.7 Å². The molecule has 6 heteroatoms. The van der Waals surface area contributed by atoms with Crippen LogP contribution in [0.5, 0.6) is 0 Å². The van der Waals surface area contributed by atoms with Crippen LogP contribution in [0.2, 0.25) is 0 Å². The molecule has 6 nitrogen and oxygen atoms in total. The highest BCUT2D eigenvalue weighted by Crippen LogP contribution is 2.27. The summed E-state index contributed by atoms with van der Waals surface area (Å²) in [6.07, 6.45) is 0.738. The Morgan fingerprint density at radius 1 is 1.03 bits per heavy atom. The van der Waals surface area contributed by atoms with Gasteiger partial charge in [-0.05, 0) is 41.0 Å². The zero-order valence-corrected chi connectivity index (χ0v) is 17.0. The number of rotatable bonds is 4. The fourth-order valence-electron chi connectivity index (χ4n) is 4.36. The van der Waals surface area contributed by atoms with E-state index in [-0.39, 0.29) is 11.8 Å². The molecule has 5 rings (SSSR count). The third-order valence-electron chi connectivity index (χ3n) is 5.99. The lowest BCUT2D eigenvalue weighted by Crippen LogP contribution is -2.51. The average Bonchev–Trinajstić information content (AvgIpc) is 3.19. The van der Waals surface area contributed by atoms with Crippen LogP contribution in [0.25, 0.3) is 21.7 Å². The van der Waals surface area contributed by atoms with Gasteiger partial charge >= 0.3 is 0 Å². The molecule has 0 bridgehead atoms. The molecule has 31 heavy (non-hydrogen) atoms. The quantitative estimate of drug-likeness (QED) is 0.481. The molecule has 1 aromatic heterocycles. The maximum Gasteiger partial charge on any atom is 0.252 e. The number of benzene rings is 3. The number of hydrogen-bond donors (Lipinski definition) is 3. The van der Waals surface area contributed by atoms with Crippen molar-refractivity contribution in [2.75, 3.05) is 13.2 Å². The number of fused-ring (bicyclic) bond motifs is 4. The number of aromatic nitrogens is 1. The van der Waals surface area contributed by atoms with Crippen molar-refractivity contribution in [3.8, 4) is 0 Å². The number of H-pyrrole nitrogens is 1. The second-order valence-electron chi connectivity index (χ2n) is 7.91. The molecular weight excluding hydrogens is 390 g/mol. The summed E-state index contributed by atoms with van der Waals surface area (Å²) in [5, 5.41) is 15.7. The summed E-state index contributed by atoms with van der Waals surface area (Å²) >= 11 is 0. The summed E-state index contributed by atoms with van der Waals surface area (Å²) in [5.74, 6) is -0.651. The Morgan fingerprint density at radius 3 is 2.65 bits per heavy atom. The largest absolute Gasteiger partial charge is 0.394 e. The van der Waals surface area contributed by atoms with Crippen molar-refractivity contribution in [2.45, 2.75) is 19.0 Å². The van der Waals surface area contributed by atoms with Crippen molar-refractivity contribution in [1.82, 2.24) is 15.2 Å². The summed E-state index contributed by atoms with van der Waals surface area (Å²) < 4.78 is 0. The van der Waals surface area contributed by atoms with Crippen LogP contribution in [0.1, 0.15) is 21.6 Å². The number of nitrogens with zero attached hydrogens (tertiary/aromatic N) is 1. The smallest absolute Gasteiger partial charge is 0.252 e. The van der Waals surface area contributed by atoms with Gasteiger partial charge in [-0.3, -0.25) is 9.59 Å². The molecule has 3 aromatic carbocycles. The van der Waals surface area contributed by atoms with E-state index in [4.69, 9.17) is 0 Å². The number of hydrogen-bond acceptors (Lipinski definition) is 3. The molecule has 3 N–H and O–H groups in total. The van der Waals surface area contributed by atoms with E-state index in [0.717, 1.165) is 28.4 Å². The van der Waals surface area contributed by atoms with E-state index in [1.807, 2.05) is 48.5 Å². The first-order chi connectivity index (χ1) is 15.1. The van der Waals surface area contributed by atoms with Crippen molar-refractivity contribution in [1.29, 1.82) is 0 Å². The normalized spacial score (nSPS) is 14.4. The summed E-state index contributed by atoms with van der Waals surface area (Å²) in [6, 6.07) is 20.3. The molecule has 0 spiro atoms.